The average Bonchev–Trinajstić information content (AvgIpc) is 3.37. The number of benzene rings is 1. The highest BCUT2D eigenvalue weighted by atomic mass is 32.1. The summed E-state index contributed by atoms with van der Waals surface area (Å²) < 4.78 is 33.7. The highest BCUT2D eigenvalue weighted by Gasteiger charge is 2.46. The van der Waals surface area contributed by atoms with Crippen molar-refractivity contribution in [3.05, 3.63) is 40.2 Å². The van der Waals surface area contributed by atoms with E-state index in [1.165, 1.54) is 18.3 Å². The number of ether oxygens (including phenoxy) is 1. The largest absolute Gasteiger partial charge is 0.482 e. The number of thiophene rings is 1. The molecule has 6 N–H and O–H groups in total. The third-order valence-electron chi connectivity index (χ3n) is 5.22. The molecule has 0 unspecified atom stereocenters. The number of alkyl halides is 2. The number of fused-ring (bicyclic) bond motifs is 2. The predicted octanol–water partition coefficient (Wildman–Crippen LogP) is 3.38. The van der Waals surface area contributed by atoms with Crippen LogP contribution in [0, 0.1) is 5.41 Å². The zero-order valence-electron chi connectivity index (χ0n) is 18.7. The summed E-state index contributed by atoms with van der Waals surface area (Å²) in [6.45, 7) is 3.43. The number of hydrogen-bond donors (Lipinski definition) is 5. The van der Waals surface area contributed by atoms with Crippen LogP contribution in [0.1, 0.15) is 34.8 Å². The fourth-order valence-corrected chi connectivity index (χ4v) is 4.30. The SMILES string of the molecule is CC(C)(O)CCn1c(NC(=O)c2ccc(/C(C=N)=C/N)s2)nc2cc3c(cc21)OC(F)(F)C(=O)N3. The van der Waals surface area contributed by atoms with E-state index in [9.17, 15) is 23.5 Å². The Labute approximate surface area is 201 Å². The van der Waals surface area contributed by atoms with Gasteiger partial charge in [0.05, 0.1) is 27.2 Å². The van der Waals surface area contributed by atoms with Crippen molar-refractivity contribution in [2.24, 2.45) is 5.73 Å². The summed E-state index contributed by atoms with van der Waals surface area (Å²) in [4.78, 5) is 29.9. The number of imidazole rings is 1. The van der Waals surface area contributed by atoms with Crippen LogP contribution in [-0.4, -0.2) is 44.4 Å². The van der Waals surface area contributed by atoms with E-state index >= 15 is 0 Å². The number of aryl methyl sites for hydroxylation is 1. The van der Waals surface area contributed by atoms with Gasteiger partial charge in [0.25, 0.3) is 5.91 Å². The lowest BCUT2D eigenvalue weighted by Gasteiger charge is -2.24. The average molecular weight is 505 g/mol. The number of carbonyl (C=O) groups excluding carboxylic acids is 2. The zero-order chi connectivity index (χ0) is 25.5. The van der Waals surface area contributed by atoms with Crippen LogP contribution in [-0.2, 0) is 11.3 Å². The van der Waals surface area contributed by atoms with E-state index in [1.807, 2.05) is 0 Å². The maximum Gasteiger partial charge on any atom is 0.482 e. The first kappa shape index (κ1) is 24.3. The summed E-state index contributed by atoms with van der Waals surface area (Å²) >= 11 is 1.13. The minimum Gasteiger partial charge on any atom is -0.423 e. The monoisotopic (exact) mass is 504 g/mol. The van der Waals surface area contributed by atoms with Crippen LogP contribution in [0.2, 0.25) is 0 Å². The van der Waals surface area contributed by atoms with Crippen LogP contribution in [0.5, 0.6) is 5.75 Å². The topological polar surface area (TPSA) is 155 Å². The van der Waals surface area contributed by atoms with Crippen LogP contribution in [0.15, 0.2) is 30.5 Å². The van der Waals surface area contributed by atoms with Crippen LogP contribution in [0.3, 0.4) is 0 Å². The summed E-state index contributed by atoms with van der Waals surface area (Å²) in [5, 5.41) is 22.4. The summed E-state index contributed by atoms with van der Waals surface area (Å²) in [6.07, 6.45) is -1.42. The van der Waals surface area contributed by atoms with Crippen molar-refractivity contribution in [3.63, 3.8) is 0 Å². The molecule has 0 atom stereocenters. The Bertz CT molecular complexity index is 1370. The number of hydrogen-bond acceptors (Lipinski definition) is 8. The Morgan fingerprint density at radius 3 is 2.77 bits per heavy atom. The number of allylic oxidation sites excluding steroid dienone is 1. The molecule has 10 nitrogen and oxygen atoms in total. The minimum absolute atomic E-state index is 0.0223. The second-order valence-electron chi connectivity index (χ2n) is 8.44. The molecule has 4 rings (SSSR count). The molecule has 1 aliphatic heterocycles. The number of halogens is 2. The van der Waals surface area contributed by atoms with Crippen LogP contribution >= 0.6 is 11.3 Å². The lowest BCUT2D eigenvalue weighted by Crippen LogP contribution is -2.43. The summed E-state index contributed by atoms with van der Waals surface area (Å²) in [7, 11) is 0. The first-order chi connectivity index (χ1) is 16.4. The molecule has 13 heteroatoms. The lowest BCUT2D eigenvalue weighted by atomic mass is 10.1. The molecule has 3 heterocycles. The third kappa shape index (κ3) is 4.86. The molecule has 2 amide bonds. The minimum atomic E-state index is -4.03. The van der Waals surface area contributed by atoms with Gasteiger partial charge in [0, 0.05) is 35.5 Å². The molecule has 35 heavy (non-hydrogen) atoms. The summed E-state index contributed by atoms with van der Waals surface area (Å²) in [5.74, 6) is -2.21. The van der Waals surface area contributed by atoms with Gasteiger partial charge in [-0.1, -0.05) is 0 Å². The van der Waals surface area contributed by atoms with Gasteiger partial charge in [0.1, 0.15) is 0 Å². The first-order valence-electron chi connectivity index (χ1n) is 10.4. The third-order valence-corrected chi connectivity index (χ3v) is 6.36. The molecule has 184 valence electrons. The van der Waals surface area contributed by atoms with Gasteiger partial charge < -0.3 is 30.9 Å². The standard InChI is InChI=1S/C22H22F2N6O4S/c1-21(2,33)5-6-30-14-8-15-13(27-19(32)22(23,24)34-15)7-12(14)28-20(30)29-18(31)17-4-3-16(35-17)11(9-25)10-26/h3-4,7-10,25,33H,5-6,26H2,1-2H3,(H,27,32)(H,28,29,31)/b11-10+,25-9?. The van der Waals surface area contributed by atoms with Crippen LogP contribution < -0.4 is 21.1 Å². The molecular weight excluding hydrogens is 482 g/mol. The Kier molecular flexibility index (Phi) is 6.07. The Balaban J connectivity index is 1.73. The van der Waals surface area contributed by atoms with Crippen LogP contribution in [0.4, 0.5) is 20.4 Å². The van der Waals surface area contributed by atoms with E-state index in [4.69, 9.17) is 11.1 Å². The highest BCUT2D eigenvalue weighted by molar-refractivity contribution is 7.15. The normalized spacial score (nSPS) is 15.3. The number of nitrogens with zero attached hydrogens (tertiary/aromatic N) is 2. The second kappa shape index (κ2) is 8.74. The fraction of sp³-hybridized carbons (Fsp3) is 0.273. The predicted molar refractivity (Wildman–Crippen MR) is 128 cm³/mol. The molecule has 2 aromatic heterocycles. The number of aliphatic hydroxyl groups is 1. The van der Waals surface area contributed by atoms with E-state index in [0.29, 0.717) is 26.4 Å². The van der Waals surface area contributed by atoms with E-state index in [2.05, 4.69) is 20.4 Å². The van der Waals surface area contributed by atoms with E-state index in [1.54, 1.807) is 30.5 Å². The Morgan fingerprint density at radius 2 is 2.11 bits per heavy atom. The quantitative estimate of drug-likeness (QED) is 0.311. The number of carbonyl (C=O) groups is 2. The van der Waals surface area contributed by atoms with Gasteiger partial charge in [-0.3, -0.25) is 14.9 Å². The van der Waals surface area contributed by atoms with Crippen molar-refractivity contribution < 1.29 is 28.2 Å². The molecule has 3 aromatic rings. The number of aromatic nitrogens is 2. The van der Waals surface area contributed by atoms with E-state index in [-0.39, 0.29) is 30.4 Å². The summed E-state index contributed by atoms with van der Waals surface area (Å²) in [6, 6.07) is 5.92. The van der Waals surface area contributed by atoms with Crippen molar-refractivity contribution in [1.29, 1.82) is 5.41 Å². The maximum absolute atomic E-state index is 13.8. The number of rotatable bonds is 7. The van der Waals surface area contributed by atoms with Gasteiger partial charge in [-0.05, 0) is 38.5 Å². The van der Waals surface area contributed by atoms with Crippen molar-refractivity contribution >= 4 is 57.6 Å². The van der Waals surface area contributed by atoms with Gasteiger partial charge in [0.2, 0.25) is 5.95 Å². The number of anilines is 2. The van der Waals surface area contributed by atoms with Gasteiger partial charge in [0.15, 0.2) is 5.75 Å². The Morgan fingerprint density at radius 1 is 1.40 bits per heavy atom. The van der Waals surface area contributed by atoms with Crippen molar-refractivity contribution in [2.45, 2.75) is 38.5 Å². The molecule has 0 spiro atoms. The molecule has 0 bridgehead atoms. The molecule has 0 saturated carbocycles. The van der Waals surface area contributed by atoms with Gasteiger partial charge in [-0.25, -0.2) is 4.98 Å². The first-order valence-corrected chi connectivity index (χ1v) is 11.2. The van der Waals surface area contributed by atoms with Gasteiger partial charge in [-0.2, -0.15) is 8.78 Å². The smallest absolute Gasteiger partial charge is 0.423 e. The number of amides is 2. The molecule has 0 fully saturated rings. The molecule has 0 radical (unpaired) electrons. The summed E-state index contributed by atoms with van der Waals surface area (Å²) in [5.41, 5.74) is 5.61. The highest BCUT2D eigenvalue weighted by Crippen LogP contribution is 2.39. The molecule has 1 aliphatic rings. The maximum atomic E-state index is 13.8. The second-order valence-corrected chi connectivity index (χ2v) is 9.53. The van der Waals surface area contributed by atoms with Gasteiger partial charge in [-0.15, -0.1) is 11.3 Å². The van der Waals surface area contributed by atoms with Crippen molar-refractivity contribution in [3.8, 4) is 5.75 Å². The van der Waals surface area contributed by atoms with Gasteiger partial charge >= 0.3 is 12.0 Å². The van der Waals surface area contributed by atoms with Crippen LogP contribution in [0.25, 0.3) is 16.6 Å². The number of nitrogens with one attached hydrogen (secondary N) is 3. The Hall–Kier alpha value is -3.84. The molecule has 0 saturated heterocycles. The van der Waals surface area contributed by atoms with E-state index in [0.717, 1.165) is 17.6 Å². The number of nitrogens with two attached hydrogens (primary N) is 1. The van der Waals surface area contributed by atoms with E-state index < -0.39 is 23.5 Å². The molecular formula is C22H22F2N6O4S. The fourth-order valence-electron chi connectivity index (χ4n) is 3.40. The zero-order valence-corrected chi connectivity index (χ0v) is 19.5. The lowest BCUT2D eigenvalue weighted by molar-refractivity contribution is -0.189. The van der Waals surface area contributed by atoms with Crippen molar-refractivity contribution in [1.82, 2.24) is 9.55 Å². The molecule has 0 aliphatic carbocycles. The molecule has 1 aromatic carbocycles. The van der Waals surface area contributed by atoms with Crippen molar-refractivity contribution in [2.75, 3.05) is 10.6 Å².